The van der Waals surface area contributed by atoms with Gasteiger partial charge in [0.1, 0.15) is 0 Å². The Labute approximate surface area is 153 Å². The average Bonchev–Trinajstić information content (AvgIpc) is 2.61. The van der Waals surface area contributed by atoms with Gasteiger partial charge in [-0.25, -0.2) is 4.79 Å². The first-order valence-electron chi connectivity index (χ1n) is 8.35. The fraction of sp³-hybridized carbons (Fsp3) is 0.300. The van der Waals surface area contributed by atoms with Crippen molar-refractivity contribution in [2.45, 2.75) is 31.6 Å². The van der Waals surface area contributed by atoms with E-state index in [1.54, 1.807) is 43.0 Å². The van der Waals surface area contributed by atoms with Gasteiger partial charge in [-0.05, 0) is 62.4 Å². The third-order valence-electron chi connectivity index (χ3n) is 3.52. The zero-order valence-electron chi connectivity index (χ0n) is 14.6. The largest absolute Gasteiger partial charge is 0.462 e. The molecule has 0 aliphatic rings. The van der Waals surface area contributed by atoms with E-state index in [0.29, 0.717) is 24.3 Å². The molecule has 4 nitrogen and oxygen atoms in total. The zero-order chi connectivity index (χ0) is 18.1. The fourth-order valence-corrected chi connectivity index (χ4v) is 3.04. The summed E-state index contributed by atoms with van der Waals surface area (Å²) in [4.78, 5) is 24.8. The summed E-state index contributed by atoms with van der Waals surface area (Å²) in [5, 5.41) is 2.85. The topological polar surface area (TPSA) is 55.4 Å². The third-order valence-corrected chi connectivity index (χ3v) is 4.62. The number of thioether (sulfide) groups is 1. The van der Waals surface area contributed by atoms with Gasteiger partial charge in [-0.1, -0.05) is 17.7 Å². The smallest absolute Gasteiger partial charge is 0.338 e. The van der Waals surface area contributed by atoms with E-state index in [-0.39, 0.29) is 11.9 Å². The number of amides is 1. The fourth-order valence-electron chi connectivity index (χ4n) is 2.18. The Hall–Kier alpha value is -2.27. The van der Waals surface area contributed by atoms with Crippen LogP contribution in [-0.4, -0.2) is 24.2 Å². The lowest BCUT2D eigenvalue weighted by Crippen LogP contribution is -2.12. The van der Waals surface area contributed by atoms with E-state index in [0.717, 1.165) is 12.2 Å². The van der Waals surface area contributed by atoms with Crippen molar-refractivity contribution in [3.63, 3.8) is 0 Å². The molecule has 0 heterocycles. The second-order valence-corrected chi connectivity index (χ2v) is 6.78. The van der Waals surface area contributed by atoms with Gasteiger partial charge in [0, 0.05) is 17.0 Å². The molecule has 0 saturated carbocycles. The lowest BCUT2D eigenvalue weighted by molar-refractivity contribution is -0.116. The van der Waals surface area contributed by atoms with Crippen molar-refractivity contribution in [1.82, 2.24) is 0 Å². The molecule has 25 heavy (non-hydrogen) atoms. The van der Waals surface area contributed by atoms with E-state index in [1.165, 1.54) is 10.5 Å². The number of aryl methyl sites for hydroxylation is 1. The predicted molar refractivity (Wildman–Crippen MR) is 102 cm³/mol. The zero-order valence-corrected chi connectivity index (χ0v) is 15.4. The molecule has 0 fully saturated rings. The van der Waals surface area contributed by atoms with Gasteiger partial charge in [-0.3, -0.25) is 4.79 Å². The van der Waals surface area contributed by atoms with Crippen LogP contribution in [0, 0.1) is 6.92 Å². The molecule has 0 atom stereocenters. The van der Waals surface area contributed by atoms with E-state index >= 15 is 0 Å². The van der Waals surface area contributed by atoms with Crippen LogP contribution in [0.25, 0.3) is 0 Å². The normalized spacial score (nSPS) is 10.3. The number of esters is 1. The molecule has 0 unspecified atom stereocenters. The van der Waals surface area contributed by atoms with Crippen molar-refractivity contribution in [2.75, 3.05) is 17.7 Å². The van der Waals surface area contributed by atoms with E-state index in [4.69, 9.17) is 4.74 Å². The lowest BCUT2D eigenvalue weighted by Gasteiger charge is -2.07. The Morgan fingerprint density at radius 2 is 1.72 bits per heavy atom. The minimum Gasteiger partial charge on any atom is -0.462 e. The molecule has 2 aromatic rings. The van der Waals surface area contributed by atoms with Crippen LogP contribution in [0.4, 0.5) is 5.69 Å². The van der Waals surface area contributed by atoms with Crippen LogP contribution in [0.2, 0.25) is 0 Å². The minimum atomic E-state index is -0.353. The van der Waals surface area contributed by atoms with Crippen LogP contribution < -0.4 is 5.32 Å². The summed E-state index contributed by atoms with van der Waals surface area (Å²) in [5.41, 5.74) is 2.41. The van der Waals surface area contributed by atoms with Crippen molar-refractivity contribution in [1.29, 1.82) is 0 Å². The maximum Gasteiger partial charge on any atom is 0.338 e. The second-order valence-electron chi connectivity index (χ2n) is 5.61. The number of ether oxygens (including phenoxy) is 1. The SMILES string of the molecule is CCOC(=O)c1ccc(NC(=O)CCCSc2ccc(C)cc2)cc1. The summed E-state index contributed by atoms with van der Waals surface area (Å²) in [7, 11) is 0. The maximum atomic E-state index is 12.0. The monoisotopic (exact) mass is 357 g/mol. The highest BCUT2D eigenvalue weighted by atomic mass is 32.2. The molecule has 132 valence electrons. The van der Waals surface area contributed by atoms with Crippen LogP contribution in [0.3, 0.4) is 0 Å². The van der Waals surface area contributed by atoms with Gasteiger partial charge in [0.2, 0.25) is 5.91 Å². The molecular formula is C20H23NO3S. The van der Waals surface area contributed by atoms with Crippen molar-refractivity contribution < 1.29 is 14.3 Å². The highest BCUT2D eigenvalue weighted by Gasteiger charge is 2.07. The van der Waals surface area contributed by atoms with Gasteiger partial charge in [0.15, 0.2) is 0 Å². The van der Waals surface area contributed by atoms with Gasteiger partial charge >= 0.3 is 5.97 Å². The highest BCUT2D eigenvalue weighted by Crippen LogP contribution is 2.20. The molecule has 0 spiro atoms. The van der Waals surface area contributed by atoms with E-state index in [9.17, 15) is 9.59 Å². The number of hydrogen-bond donors (Lipinski definition) is 1. The number of carbonyl (C=O) groups excluding carboxylic acids is 2. The van der Waals surface area contributed by atoms with Gasteiger partial charge < -0.3 is 10.1 Å². The summed E-state index contributed by atoms with van der Waals surface area (Å²) >= 11 is 1.76. The number of anilines is 1. The van der Waals surface area contributed by atoms with Gasteiger partial charge in [-0.15, -0.1) is 11.8 Å². The molecular weight excluding hydrogens is 334 g/mol. The first-order valence-corrected chi connectivity index (χ1v) is 9.33. The van der Waals surface area contributed by atoms with Crippen molar-refractivity contribution in [3.8, 4) is 0 Å². The second kappa shape index (κ2) is 9.89. The van der Waals surface area contributed by atoms with Gasteiger partial charge in [0.25, 0.3) is 0 Å². The summed E-state index contributed by atoms with van der Waals surface area (Å²) in [6, 6.07) is 15.1. The van der Waals surface area contributed by atoms with E-state index < -0.39 is 0 Å². The van der Waals surface area contributed by atoms with Gasteiger partial charge in [0.05, 0.1) is 12.2 Å². The maximum absolute atomic E-state index is 12.0. The third kappa shape index (κ3) is 6.63. The van der Waals surface area contributed by atoms with Crippen LogP contribution >= 0.6 is 11.8 Å². The van der Waals surface area contributed by atoms with Crippen molar-refractivity contribution in [3.05, 3.63) is 59.7 Å². The Morgan fingerprint density at radius 3 is 2.36 bits per heavy atom. The first kappa shape index (κ1) is 19.1. The lowest BCUT2D eigenvalue weighted by atomic mass is 10.2. The molecule has 5 heteroatoms. The van der Waals surface area contributed by atoms with Crippen LogP contribution in [0.1, 0.15) is 35.7 Å². The molecule has 0 radical (unpaired) electrons. The van der Waals surface area contributed by atoms with E-state index in [1.807, 2.05) is 0 Å². The van der Waals surface area contributed by atoms with Crippen molar-refractivity contribution >= 4 is 29.3 Å². The standard InChI is InChI=1S/C20H23NO3S/c1-3-24-20(23)16-8-10-17(11-9-16)21-19(22)5-4-14-25-18-12-6-15(2)7-13-18/h6-13H,3-5,14H2,1-2H3,(H,21,22). The Bertz CT molecular complexity index is 696. The number of rotatable bonds is 8. The van der Waals surface area contributed by atoms with E-state index in [2.05, 4.69) is 36.5 Å². The minimum absolute atomic E-state index is 0.0200. The molecule has 0 saturated heterocycles. The van der Waals surface area contributed by atoms with Crippen LogP contribution in [-0.2, 0) is 9.53 Å². The Balaban J connectivity index is 1.71. The molecule has 0 aliphatic heterocycles. The molecule has 0 bridgehead atoms. The Morgan fingerprint density at radius 1 is 1.04 bits per heavy atom. The molecule has 1 N–H and O–H groups in total. The quantitative estimate of drug-likeness (QED) is 0.423. The number of carbonyl (C=O) groups is 2. The van der Waals surface area contributed by atoms with Crippen molar-refractivity contribution in [2.24, 2.45) is 0 Å². The number of benzene rings is 2. The molecule has 2 aromatic carbocycles. The average molecular weight is 357 g/mol. The summed E-state index contributed by atoms with van der Waals surface area (Å²) in [6.07, 6.45) is 1.28. The molecule has 1 amide bonds. The number of nitrogens with one attached hydrogen (secondary N) is 1. The molecule has 0 aliphatic carbocycles. The first-order chi connectivity index (χ1) is 12.1. The highest BCUT2D eigenvalue weighted by molar-refractivity contribution is 7.99. The van der Waals surface area contributed by atoms with Gasteiger partial charge in [-0.2, -0.15) is 0 Å². The van der Waals surface area contributed by atoms with Crippen LogP contribution in [0.15, 0.2) is 53.4 Å². The Kier molecular flexibility index (Phi) is 7.54. The summed E-state index contributed by atoms with van der Waals surface area (Å²) < 4.78 is 4.93. The molecule has 0 aromatic heterocycles. The van der Waals surface area contributed by atoms with Crippen LogP contribution in [0.5, 0.6) is 0 Å². The molecule has 2 rings (SSSR count). The number of hydrogen-bond acceptors (Lipinski definition) is 4. The summed E-state index contributed by atoms with van der Waals surface area (Å²) in [5.74, 6) is 0.528. The summed E-state index contributed by atoms with van der Waals surface area (Å²) in [6.45, 7) is 4.18. The predicted octanol–water partition coefficient (Wildman–Crippen LogP) is 4.68.